The molecule has 2 aliphatic heterocycles. The average Bonchev–Trinajstić information content (AvgIpc) is 3.04. The molecule has 3 atom stereocenters. The maximum atomic E-state index is 12.5. The molecule has 5 N–H and O–H groups in total. The Bertz CT molecular complexity index is 631. The van der Waals surface area contributed by atoms with E-state index >= 15 is 0 Å². The van der Waals surface area contributed by atoms with E-state index in [2.05, 4.69) is 26.8 Å². The predicted octanol–water partition coefficient (Wildman–Crippen LogP) is 0.436. The molecule has 0 aromatic heterocycles. The van der Waals surface area contributed by atoms with Crippen LogP contribution >= 0.6 is 23.2 Å². The van der Waals surface area contributed by atoms with Crippen LogP contribution in [0.5, 0.6) is 0 Å². The molecular weight excluding hydrogens is 365 g/mol. The van der Waals surface area contributed by atoms with Crippen LogP contribution in [-0.2, 0) is 4.79 Å². The number of carbonyl (C=O) groups excluding carboxylic acids is 2. The van der Waals surface area contributed by atoms with Crippen molar-refractivity contribution < 1.29 is 9.59 Å². The van der Waals surface area contributed by atoms with Crippen LogP contribution in [-0.4, -0.2) is 49.6 Å². The van der Waals surface area contributed by atoms with Gasteiger partial charge in [-0.1, -0.05) is 29.3 Å². The van der Waals surface area contributed by atoms with Gasteiger partial charge in [0.05, 0.1) is 21.7 Å². The average molecular weight is 386 g/mol. The topological polar surface area (TPSA) is 94.3 Å². The van der Waals surface area contributed by atoms with Gasteiger partial charge in [-0.2, -0.15) is 0 Å². The maximum Gasteiger partial charge on any atom is 0.254 e. The Labute approximate surface area is 156 Å². The van der Waals surface area contributed by atoms with Crippen molar-refractivity contribution in [1.82, 2.24) is 26.8 Å². The Morgan fingerprint density at radius 3 is 2.56 bits per heavy atom. The molecule has 0 saturated carbocycles. The summed E-state index contributed by atoms with van der Waals surface area (Å²) in [6.07, 6.45) is 1.98. The van der Waals surface area contributed by atoms with Gasteiger partial charge in [-0.3, -0.25) is 15.0 Å². The van der Waals surface area contributed by atoms with E-state index in [-0.39, 0.29) is 27.6 Å². The number of benzene rings is 1. The van der Waals surface area contributed by atoms with Crippen LogP contribution in [0.1, 0.15) is 23.2 Å². The standard InChI is InChI=1S/C16H21Cl2N5O2/c17-10-4-1-5-11(18)13(10)15(24)22-12-8-20-23-14(12)16(25)21-9-3-2-6-19-7-9/h1,4-5,9,12,14,19-20,23H,2-3,6-8H2,(H,21,25)(H,22,24)/t9-,12?,14?/m0/s1. The van der Waals surface area contributed by atoms with Crippen molar-refractivity contribution in [3.05, 3.63) is 33.8 Å². The maximum absolute atomic E-state index is 12.5. The summed E-state index contributed by atoms with van der Waals surface area (Å²) in [6, 6.07) is 4.03. The van der Waals surface area contributed by atoms with E-state index < -0.39 is 18.0 Å². The summed E-state index contributed by atoms with van der Waals surface area (Å²) in [5.74, 6) is -0.544. The monoisotopic (exact) mass is 385 g/mol. The SMILES string of the molecule is O=C(NC1CNNC1C(=O)N[C@H]1CCCNC1)c1c(Cl)cccc1Cl. The highest BCUT2D eigenvalue weighted by Crippen LogP contribution is 2.24. The van der Waals surface area contributed by atoms with Crippen LogP contribution in [0.4, 0.5) is 0 Å². The molecule has 25 heavy (non-hydrogen) atoms. The summed E-state index contributed by atoms with van der Waals surface area (Å²) >= 11 is 12.1. The van der Waals surface area contributed by atoms with Crippen LogP contribution in [0, 0.1) is 0 Å². The van der Waals surface area contributed by atoms with E-state index in [1.165, 1.54) is 0 Å². The third-order valence-corrected chi connectivity index (χ3v) is 5.04. The first-order chi connectivity index (χ1) is 12.1. The van der Waals surface area contributed by atoms with Gasteiger partial charge in [0.2, 0.25) is 5.91 Å². The number of hydrogen-bond donors (Lipinski definition) is 5. The zero-order chi connectivity index (χ0) is 17.8. The van der Waals surface area contributed by atoms with Crippen molar-refractivity contribution in [3.8, 4) is 0 Å². The molecule has 2 unspecified atom stereocenters. The van der Waals surface area contributed by atoms with Gasteiger partial charge in [0, 0.05) is 19.1 Å². The second kappa shape index (κ2) is 8.33. The minimum absolute atomic E-state index is 0.109. The number of hydrazine groups is 1. The first-order valence-electron chi connectivity index (χ1n) is 8.30. The summed E-state index contributed by atoms with van der Waals surface area (Å²) in [5.41, 5.74) is 6.05. The third-order valence-electron chi connectivity index (χ3n) is 4.41. The highest BCUT2D eigenvalue weighted by atomic mass is 35.5. The van der Waals surface area contributed by atoms with Crippen molar-refractivity contribution in [2.75, 3.05) is 19.6 Å². The molecular formula is C16H21Cl2N5O2. The summed E-state index contributed by atoms with van der Waals surface area (Å²) in [6.45, 7) is 2.17. The van der Waals surface area contributed by atoms with Crippen molar-refractivity contribution in [3.63, 3.8) is 0 Å². The zero-order valence-corrected chi connectivity index (χ0v) is 15.1. The molecule has 1 aromatic carbocycles. The molecule has 136 valence electrons. The third kappa shape index (κ3) is 4.43. The van der Waals surface area contributed by atoms with E-state index in [0.717, 1.165) is 25.9 Å². The summed E-state index contributed by atoms with van der Waals surface area (Å²) in [5, 5.41) is 9.67. The number of amides is 2. The van der Waals surface area contributed by atoms with Crippen molar-refractivity contribution in [2.24, 2.45) is 0 Å². The lowest BCUT2D eigenvalue weighted by molar-refractivity contribution is -0.124. The molecule has 7 nitrogen and oxygen atoms in total. The van der Waals surface area contributed by atoms with E-state index in [0.29, 0.717) is 6.54 Å². The second-order valence-corrected chi connectivity index (χ2v) is 7.05. The molecule has 2 aliphatic rings. The number of rotatable bonds is 4. The quantitative estimate of drug-likeness (QED) is 0.518. The van der Waals surface area contributed by atoms with Gasteiger partial charge >= 0.3 is 0 Å². The minimum Gasteiger partial charge on any atom is -0.351 e. The highest BCUT2D eigenvalue weighted by Gasteiger charge is 2.35. The molecule has 1 aromatic rings. The molecule has 2 amide bonds. The Hall–Kier alpha value is -1.38. The van der Waals surface area contributed by atoms with Crippen LogP contribution in [0.25, 0.3) is 0 Å². The van der Waals surface area contributed by atoms with Gasteiger partial charge in [0.15, 0.2) is 0 Å². The summed E-state index contributed by atoms with van der Waals surface area (Å²) < 4.78 is 0. The number of halogens is 2. The largest absolute Gasteiger partial charge is 0.351 e. The normalized spacial score (nSPS) is 26.2. The van der Waals surface area contributed by atoms with Crippen molar-refractivity contribution in [1.29, 1.82) is 0 Å². The lowest BCUT2D eigenvalue weighted by atomic mass is 10.1. The number of nitrogens with one attached hydrogen (secondary N) is 5. The smallest absolute Gasteiger partial charge is 0.254 e. The minimum atomic E-state index is -0.563. The van der Waals surface area contributed by atoms with Gasteiger partial charge in [0.25, 0.3) is 5.91 Å². The van der Waals surface area contributed by atoms with E-state index in [4.69, 9.17) is 23.2 Å². The molecule has 2 saturated heterocycles. The zero-order valence-electron chi connectivity index (χ0n) is 13.6. The Kier molecular flexibility index (Phi) is 6.14. The van der Waals surface area contributed by atoms with Gasteiger partial charge < -0.3 is 16.0 Å². The number of hydrogen-bond acceptors (Lipinski definition) is 5. The fourth-order valence-electron chi connectivity index (χ4n) is 3.10. The van der Waals surface area contributed by atoms with E-state index in [1.807, 2.05) is 0 Å². The lowest BCUT2D eigenvalue weighted by Crippen LogP contribution is -2.56. The fourth-order valence-corrected chi connectivity index (χ4v) is 3.67. The molecule has 0 spiro atoms. The van der Waals surface area contributed by atoms with Crippen LogP contribution in [0.2, 0.25) is 10.0 Å². The van der Waals surface area contributed by atoms with Gasteiger partial charge in [-0.15, -0.1) is 0 Å². The van der Waals surface area contributed by atoms with Crippen molar-refractivity contribution >= 4 is 35.0 Å². The predicted molar refractivity (Wildman–Crippen MR) is 96.7 cm³/mol. The first-order valence-corrected chi connectivity index (χ1v) is 9.06. The molecule has 2 fully saturated rings. The Morgan fingerprint density at radius 2 is 1.88 bits per heavy atom. The van der Waals surface area contributed by atoms with Gasteiger partial charge in [0.1, 0.15) is 6.04 Å². The summed E-state index contributed by atoms with van der Waals surface area (Å²) in [7, 11) is 0. The fraction of sp³-hybridized carbons (Fsp3) is 0.500. The summed E-state index contributed by atoms with van der Waals surface area (Å²) in [4.78, 5) is 25.1. The Balaban J connectivity index is 1.63. The lowest BCUT2D eigenvalue weighted by Gasteiger charge is -2.26. The van der Waals surface area contributed by atoms with Crippen LogP contribution in [0.3, 0.4) is 0 Å². The van der Waals surface area contributed by atoms with Crippen molar-refractivity contribution in [2.45, 2.75) is 31.0 Å². The van der Waals surface area contributed by atoms with Gasteiger partial charge in [-0.25, -0.2) is 5.43 Å². The molecule has 0 aliphatic carbocycles. The van der Waals surface area contributed by atoms with Crippen LogP contribution in [0.15, 0.2) is 18.2 Å². The van der Waals surface area contributed by atoms with Gasteiger partial charge in [-0.05, 0) is 31.5 Å². The molecule has 0 radical (unpaired) electrons. The highest BCUT2D eigenvalue weighted by molar-refractivity contribution is 6.39. The Morgan fingerprint density at radius 1 is 1.12 bits per heavy atom. The molecule has 0 bridgehead atoms. The van der Waals surface area contributed by atoms with E-state index in [9.17, 15) is 9.59 Å². The molecule has 2 heterocycles. The number of carbonyl (C=O) groups is 2. The van der Waals surface area contributed by atoms with E-state index in [1.54, 1.807) is 18.2 Å². The molecule has 3 rings (SSSR count). The first kappa shape index (κ1) is 18.4. The number of piperidine rings is 1. The molecule has 9 heteroatoms. The second-order valence-electron chi connectivity index (χ2n) is 6.23. The van der Waals surface area contributed by atoms with Crippen LogP contribution < -0.4 is 26.8 Å².